The van der Waals surface area contributed by atoms with Crippen molar-refractivity contribution in [2.24, 2.45) is 11.8 Å². The highest BCUT2D eigenvalue weighted by molar-refractivity contribution is 6.03. The first kappa shape index (κ1) is 25.6. The summed E-state index contributed by atoms with van der Waals surface area (Å²) in [7, 11) is 0. The molecule has 0 spiro atoms. The summed E-state index contributed by atoms with van der Waals surface area (Å²) in [4.78, 5) is 42.2. The molecule has 2 aliphatic rings. The number of rotatable bonds is 7. The van der Waals surface area contributed by atoms with E-state index in [9.17, 15) is 27.6 Å². The molecule has 0 radical (unpaired) electrons. The summed E-state index contributed by atoms with van der Waals surface area (Å²) in [5, 5.41) is 5.44. The SMILES string of the molecule is CCN1C(=O)NC(c2ccccc2C(F)(F)F)C2=C1CN(C(C(=O)NCC(C)C)C(C)C)C2=O. The lowest BCUT2D eigenvalue weighted by atomic mass is 9.91. The van der Waals surface area contributed by atoms with Gasteiger partial charge in [0.05, 0.1) is 29.4 Å². The van der Waals surface area contributed by atoms with Crippen molar-refractivity contribution in [3.8, 4) is 0 Å². The van der Waals surface area contributed by atoms with E-state index in [-0.39, 0.29) is 42.0 Å². The van der Waals surface area contributed by atoms with Gasteiger partial charge in [-0.2, -0.15) is 13.2 Å². The van der Waals surface area contributed by atoms with Gasteiger partial charge in [-0.05, 0) is 30.4 Å². The summed E-state index contributed by atoms with van der Waals surface area (Å²) in [6.45, 7) is 9.86. The Kier molecular flexibility index (Phi) is 7.28. The molecule has 10 heteroatoms. The summed E-state index contributed by atoms with van der Waals surface area (Å²) < 4.78 is 41.3. The zero-order valence-corrected chi connectivity index (χ0v) is 20.0. The molecule has 0 bridgehead atoms. The maximum atomic E-state index is 13.8. The lowest BCUT2D eigenvalue weighted by Crippen LogP contribution is -2.52. The number of halogens is 3. The quantitative estimate of drug-likeness (QED) is 0.625. The maximum Gasteiger partial charge on any atom is 0.416 e. The van der Waals surface area contributed by atoms with Crippen LogP contribution in [0.2, 0.25) is 0 Å². The molecule has 0 saturated heterocycles. The van der Waals surface area contributed by atoms with Gasteiger partial charge in [-0.3, -0.25) is 14.5 Å². The number of likely N-dealkylation sites (N-methyl/N-ethyl adjacent to an activating group) is 1. The molecule has 0 fully saturated rings. The molecule has 1 aromatic rings. The number of alkyl halides is 3. The minimum absolute atomic E-state index is 0.0297. The number of amides is 4. The van der Waals surface area contributed by atoms with Crippen LogP contribution in [0.1, 0.15) is 51.8 Å². The molecule has 7 nitrogen and oxygen atoms in total. The molecule has 0 aliphatic carbocycles. The average Bonchev–Trinajstić information content (AvgIpc) is 3.07. The molecule has 2 unspecified atom stereocenters. The van der Waals surface area contributed by atoms with Crippen LogP contribution in [0.25, 0.3) is 0 Å². The van der Waals surface area contributed by atoms with Crippen LogP contribution < -0.4 is 10.6 Å². The summed E-state index contributed by atoms with van der Waals surface area (Å²) in [6.07, 6.45) is -4.66. The Morgan fingerprint density at radius 2 is 1.82 bits per heavy atom. The number of nitrogens with zero attached hydrogens (tertiary/aromatic N) is 2. The number of carbonyl (C=O) groups is 3. The van der Waals surface area contributed by atoms with Crippen molar-refractivity contribution in [1.82, 2.24) is 20.4 Å². The highest BCUT2D eigenvalue weighted by atomic mass is 19.4. The molecule has 1 aromatic carbocycles. The van der Waals surface area contributed by atoms with Gasteiger partial charge >= 0.3 is 12.2 Å². The van der Waals surface area contributed by atoms with Crippen molar-refractivity contribution < 1.29 is 27.6 Å². The Morgan fingerprint density at radius 1 is 1.18 bits per heavy atom. The van der Waals surface area contributed by atoms with E-state index in [0.29, 0.717) is 12.2 Å². The monoisotopic (exact) mass is 480 g/mol. The highest BCUT2D eigenvalue weighted by Crippen LogP contribution is 2.42. The largest absolute Gasteiger partial charge is 0.416 e. The highest BCUT2D eigenvalue weighted by Gasteiger charge is 2.49. The topological polar surface area (TPSA) is 81.8 Å². The lowest BCUT2D eigenvalue weighted by molar-refractivity contribution is -0.139. The van der Waals surface area contributed by atoms with Gasteiger partial charge in [-0.15, -0.1) is 0 Å². The van der Waals surface area contributed by atoms with Gasteiger partial charge < -0.3 is 15.5 Å². The van der Waals surface area contributed by atoms with E-state index in [4.69, 9.17) is 0 Å². The van der Waals surface area contributed by atoms with Crippen molar-refractivity contribution in [1.29, 1.82) is 0 Å². The molecular formula is C24H31F3N4O3. The van der Waals surface area contributed by atoms with Gasteiger partial charge in [0.1, 0.15) is 6.04 Å². The fraction of sp³-hybridized carbons (Fsp3) is 0.542. The maximum absolute atomic E-state index is 13.8. The molecule has 2 atom stereocenters. The van der Waals surface area contributed by atoms with Gasteiger partial charge in [0, 0.05) is 13.1 Å². The van der Waals surface area contributed by atoms with Gasteiger partial charge in [0.25, 0.3) is 5.91 Å². The first-order valence-corrected chi connectivity index (χ1v) is 11.4. The predicted molar refractivity (Wildman–Crippen MR) is 120 cm³/mol. The van der Waals surface area contributed by atoms with Crippen molar-refractivity contribution in [3.63, 3.8) is 0 Å². The Balaban J connectivity index is 2.06. The minimum atomic E-state index is -4.66. The minimum Gasteiger partial charge on any atom is -0.354 e. The van der Waals surface area contributed by atoms with Crippen LogP contribution >= 0.6 is 0 Å². The molecule has 4 amide bonds. The fourth-order valence-corrected chi connectivity index (χ4v) is 4.53. The zero-order chi connectivity index (χ0) is 25.4. The van der Waals surface area contributed by atoms with Crippen LogP contribution in [0.4, 0.5) is 18.0 Å². The van der Waals surface area contributed by atoms with Gasteiger partial charge in [0.2, 0.25) is 5.91 Å². The standard InChI is InChI=1S/C24H31F3N4O3/c1-6-30-17-12-31(20(14(4)5)21(32)28-11-13(2)3)22(33)18(17)19(29-23(30)34)15-9-7-8-10-16(15)24(25,26)27/h7-10,13-14,19-20H,6,11-12H2,1-5H3,(H,28,32)(H,29,34). The van der Waals surface area contributed by atoms with Crippen LogP contribution in [-0.4, -0.2) is 53.3 Å². The Hall–Kier alpha value is -3.04. The van der Waals surface area contributed by atoms with Crippen molar-refractivity contribution in [2.45, 2.75) is 52.9 Å². The van der Waals surface area contributed by atoms with E-state index in [1.54, 1.807) is 6.92 Å². The number of urea groups is 1. The third-order valence-corrected chi connectivity index (χ3v) is 6.06. The Morgan fingerprint density at radius 3 is 2.38 bits per heavy atom. The molecule has 0 saturated carbocycles. The van der Waals surface area contributed by atoms with E-state index in [1.807, 2.05) is 27.7 Å². The molecule has 2 heterocycles. The van der Waals surface area contributed by atoms with Crippen molar-refractivity contribution in [2.75, 3.05) is 19.6 Å². The second-order valence-corrected chi connectivity index (χ2v) is 9.33. The van der Waals surface area contributed by atoms with Crippen LogP contribution in [0, 0.1) is 11.8 Å². The third-order valence-electron chi connectivity index (χ3n) is 6.06. The Labute approximate surface area is 197 Å². The fourth-order valence-electron chi connectivity index (χ4n) is 4.53. The summed E-state index contributed by atoms with van der Waals surface area (Å²) in [5.41, 5.74) is -0.716. The first-order chi connectivity index (χ1) is 15.9. The zero-order valence-electron chi connectivity index (χ0n) is 20.0. The first-order valence-electron chi connectivity index (χ1n) is 11.4. The smallest absolute Gasteiger partial charge is 0.354 e. The van der Waals surface area contributed by atoms with Crippen LogP contribution in [0.5, 0.6) is 0 Å². The van der Waals surface area contributed by atoms with Crippen molar-refractivity contribution >= 4 is 17.8 Å². The third kappa shape index (κ3) is 4.76. The summed E-state index contributed by atoms with van der Waals surface area (Å²) in [5.74, 6) is -0.921. The Bertz CT molecular complexity index is 1000. The number of nitrogens with one attached hydrogen (secondary N) is 2. The van der Waals surface area contributed by atoms with Gasteiger partial charge in [-0.1, -0.05) is 45.9 Å². The van der Waals surface area contributed by atoms with Gasteiger partial charge in [-0.25, -0.2) is 4.79 Å². The molecule has 2 aliphatic heterocycles. The molecule has 186 valence electrons. The molecule has 0 aromatic heterocycles. The second-order valence-electron chi connectivity index (χ2n) is 9.33. The molecule has 2 N–H and O–H groups in total. The summed E-state index contributed by atoms with van der Waals surface area (Å²) >= 11 is 0. The lowest BCUT2D eigenvalue weighted by Gasteiger charge is -2.33. The number of benzene rings is 1. The van der Waals surface area contributed by atoms with Gasteiger partial charge in [0.15, 0.2) is 0 Å². The van der Waals surface area contributed by atoms with E-state index < -0.39 is 35.8 Å². The van der Waals surface area contributed by atoms with Crippen LogP contribution in [-0.2, 0) is 15.8 Å². The molecule has 3 rings (SSSR count). The van der Waals surface area contributed by atoms with Crippen LogP contribution in [0.15, 0.2) is 35.5 Å². The normalized spacial score (nSPS) is 19.6. The average molecular weight is 481 g/mol. The van der Waals surface area contributed by atoms with Crippen LogP contribution in [0.3, 0.4) is 0 Å². The predicted octanol–water partition coefficient (Wildman–Crippen LogP) is 3.68. The number of carbonyl (C=O) groups excluding carboxylic acids is 3. The molecule has 34 heavy (non-hydrogen) atoms. The van der Waals surface area contributed by atoms with E-state index in [1.165, 1.54) is 28.0 Å². The van der Waals surface area contributed by atoms with E-state index >= 15 is 0 Å². The molecular weight excluding hydrogens is 449 g/mol. The van der Waals surface area contributed by atoms with E-state index in [0.717, 1.165) is 6.07 Å². The summed E-state index contributed by atoms with van der Waals surface area (Å²) in [6, 6.07) is 2.23. The number of hydrogen-bond donors (Lipinski definition) is 2. The number of hydrogen-bond acceptors (Lipinski definition) is 3. The second kappa shape index (κ2) is 9.68. The van der Waals surface area contributed by atoms with E-state index in [2.05, 4.69) is 10.6 Å². The van der Waals surface area contributed by atoms with Crippen molar-refractivity contribution in [3.05, 3.63) is 46.7 Å².